The molecule has 10 nitrogen and oxygen atoms in total. The summed E-state index contributed by atoms with van der Waals surface area (Å²) >= 11 is 0. The third-order valence-corrected chi connectivity index (χ3v) is 5.86. The Balaban J connectivity index is 1.95. The lowest BCUT2D eigenvalue weighted by Crippen LogP contribution is -2.56. The van der Waals surface area contributed by atoms with E-state index in [9.17, 15) is 29.4 Å². The summed E-state index contributed by atoms with van der Waals surface area (Å²) in [6.45, 7) is 3.22. The fraction of sp³-hybridized carbons (Fsp3) is 0.385. The Morgan fingerprint density at radius 1 is 0.889 bits per heavy atom. The van der Waals surface area contributed by atoms with Crippen molar-refractivity contribution in [1.29, 1.82) is 0 Å². The molecule has 0 radical (unpaired) electrons. The van der Waals surface area contributed by atoms with E-state index in [1.165, 1.54) is 12.1 Å². The summed E-state index contributed by atoms with van der Waals surface area (Å²) in [6.07, 6.45) is 0.851. The van der Waals surface area contributed by atoms with Crippen LogP contribution < -0.4 is 21.7 Å². The molecule has 4 unspecified atom stereocenters. The second kappa shape index (κ2) is 13.8. The van der Waals surface area contributed by atoms with Gasteiger partial charge in [-0.15, -0.1) is 0 Å². The molecule has 0 heterocycles. The Labute approximate surface area is 210 Å². The third kappa shape index (κ3) is 9.03. The molecule has 10 heteroatoms. The standard InChI is InChI=1S/C26H34N4O6/c1-3-16(2)23(25(34)29-21(26(35)36)14-18-9-11-19(31)12-10-18)30-22(32)15-28-24(33)20(27)13-17-7-5-4-6-8-17/h4-12,16,20-21,23,31H,3,13-15,27H2,1-2H3,(H,28,33)(H,29,34)(H,30,32)(H,35,36). The average Bonchev–Trinajstić information content (AvgIpc) is 2.86. The minimum atomic E-state index is -1.24. The first-order valence-electron chi connectivity index (χ1n) is 11.8. The van der Waals surface area contributed by atoms with Gasteiger partial charge in [0.15, 0.2) is 0 Å². The van der Waals surface area contributed by atoms with E-state index in [1.54, 1.807) is 19.1 Å². The number of benzene rings is 2. The maximum atomic E-state index is 13.0. The number of rotatable bonds is 13. The van der Waals surface area contributed by atoms with Gasteiger partial charge in [-0.05, 0) is 35.6 Å². The maximum absolute atomic E-state index is 13.0. The Hall–Kier alpha value is -3.92. The predicted molar refractivity (Wildman–Crippen MR) is 134 cm³/mol. The molecule has 0 aliphatic rings. The van der Waals surface area contributed by atoms with Crippen LogP contribution in [0, 0.1) is 5.92 Å². The molecule has 0 aliphatic carbocycles. The molecule has 3 amide bonds. The van der Waals surface area contributed by atoms with Crippen LogP contribution in [0.3, 0.4) is 0 Å². The molecular formula is C26H34N4O6. The molecule has 4 atom stereocenters. The van der Waals surface area contributed by atoms with Gasteiger partial charge in [-0.25, -0.2) is 4.79 Å². The van der Waals surface area contributed by atoms with Crippen LogP contribution in [-0.4, -0.2) is 58.6 Å². The summed E-state index contributed by atoms with van der Waals surface area (Å²) < 4.78 is 0. The summed E-state index contributed by atoms with van der Waals surface area (Å²) in [6, 6.07) is 12.1. The monoisotopic (exact) mass is 498 g/mol. The lowest BCUT2D eigenvalue weighted by Gasteiger charge is -2.25. The molecule has 0 saturated carbocycles. The van der Waals surface area contributed by atoms with Gasteiger partial charge in [0.25, 0.3) is 0 Å². The highest BCUT2D eigenvalue weighted by Crippen LogP contribution is 2.13. The minimum absolute atomic E-state index is 0.00210. The number of phenolic OH excluding ortho intramolecular Hbond substituents is 1. The van der Waals surface area contributed by atoms with Crippen molar-refractivity contribution in [2.45, 2.75) is 51.2 Å². The summed E-state index contributed by atoms with van der Waals surface area (Å²) in [7, 11) is 0. The summed E-state index contributed by atoms with van der Waals surface area (Å²) in [5.74, 6) is -3.23. The first-order chi connectivity index (χ1) is 17.1. The molecule has 2 rings (SSSR count). The summed E-state index contributed by atoms with van der Waals surface area (Å²) in [5.41, 5.74) is 7.43. The van der Waals surface area contributed by atoms with E-state index in [4.69, 9.17) is 5.73 Å². The lowest BCUT2D eigenvalue weighted by molar-refractivity contribution is -0.142. The molecule has 2 aromatic carbocycles. The number of aliphatic carboxylic acids is 1. The van der Waals surface area contributed by atoms with Crippen molar-refractivity contribution in [3.8, 4) is 5.75 Å². The predicted octanol–water partition coefficient (Wildman–Crippen LogP) is 0.721. The van der Waals surface area contributed by atoms with Gasteiger partial charge < -0.3 is 31.9 Å². The van der Waals surface area contributed by atoms with Crippen LogP contribution >= 0.6 is 0 Å². The van der Waals surface area contributed by atoms with Crippen LogP contribution in [0.5, 0.6) is 5.75 Å². The molecule has 0 aliphatic heterocycles. The van der Waals surface area contributed by atoms with Crippen LogP contribution in [0.15, 0.2) is 54.6 Å². The maximum Gasteiger partial charge on any atom is 0.326 e. The van der Waals surface area contributed by atoms with Crippen LogP contribution in [0.1, 0.15) is 31.4 Å². The molecule has 194 valence electrons. The van der Waals surface area contributed by atoms with Crippen molar-refractivity contribution in [2.75, 3.05) is 6.54 Å². The fourth-order valence-electron chi connectivity index (χ4n) is 3.51. The average molecular weight is 499 g/mol. The quantitative estimate of drug-likeness (QED) is 0.236. The smallest absolute Gasteiger partial charge is 0.326 e. The first kappa shape index (κ1) is 28.3. The number of carboxylic acid groups (broad SMARTS) is 1. The van der Waals surface area contributed by atoms with Gasteiger partial charge in [0, 0.05) is 6.42 Å². The number of nitrogens with one attached hydrogen (secondary N) is 3. The number of hydrogen-bond acceptors (Lipinski definition) is 6. The van der Waals surface area contributed by atoms with Crippen molar-refractivity contribution in [3.05, 3.63) is 65.7 Å². The lowest BCUT2D eigenvalue weighted by atomic mass is 9.97. The molecule has 0 fully saturated rings. The van der Waals surface area contributed by atoms with Gasteiger partial charge >= 0.3 is 5.97 Å². The first-order valence-corrected chi connectivity index (χ1v) is 11.8. The number of carbonyl (C=O) groups is 4. The van der Waals surface area contributed by atoms with Crippen LogP contribution in [0.2, 0.25) is 0 Å². The van der Waals surface area contributed by atoms with Crippen molar-refractivity contribution in [3.63, 3.8) is 0 Å². The van der Waals surface area contributed by atoms with Crippen molar-refractivity contribution in [1.82, 2.24) is 16.0 Å². The SMILES string of the molecule is CCC(C)C(NC(=O)CNC(=O)C(N)Cc1ccccc1)C(=O)NC(Cc1ccc(O)cc1)C(=O)O. The summed E-state index contributed by atoms with van der Waals surface area (Å²) in [4.78, 5) is 49.5. The van der Waals surface area contributed by atoms with E-state index in [0.717, 1.165) is 5.56 Å². The minimum Gasteiger partial charge on any atom is -0.508 e. The molecule has 0 spiro atoms. The molecule has 2 aromatic rings. The van der Waals surface area contributed by atoms with E-state index in [2.05, 4.69) is 16.0 Å². The number of carboxylic acids is 1. The molecule has 0 saturated heterocycles. The molecule has 0 aromatic heterocycles. The highest BCUT2D eigenvalue weighted by atomic mass is 16.4. The highest BCUT2D eigenvalue weighted by molar-refractivity contribution is 5.92. The van der Waals surface area contributed by atoms with Gasteiger partial charge in [0.1, 0.15) is 17.8 Å². The zero-order valence-electron chi connectivity index (χ0n) is 20.4. The summed E-state index contributed by atoms with van der Waals surface area (Å²) in [5, 5.41) is 26.6. The Kier molecular flexibility index (Phi) is 10.9. The van der Waals surface area contributed by atoms with E-state index >= 15 is 0 Å². The highest BCUT2D eigenvalue weighted by Gasteiger charge is 2.30. The van der Waals surface area contributed by atoms with E-state index in [1.807, 2.05) is 37.3 Å². The molecule has 7 N–H and O–H groups in total. The molecule has 36 heavy (non-hydrogen) atoms. The van der Waals surface area contributed by atoms with Crippen LogP contribution in [0.4, 0.5) is 0 Å². The van der Waals surface area contributed by atoms with E-state index in [0.29, 0.717) is 18.4 Å². The molecular weight excluding hydrogens is 464 g/mol. The molecule has 0 bridgehead atoms. The topological polar surface area (TPSA) is 171 Å². The van der Waals surface area contributed by atoms with E-state index < -0.39 is 41.8 Å². The Morgan fingerprint density at radius 3 is 2.08 bits per heavy atom. The normalized spacial score (nSPS) is 14.1. The number of nitrogens with two attached hydrogens (primary N) is 1. The van der Waals surface area contributed by atoms with Gasteiger partial charge in [-0.3, -0.25) is 14.4 Å². The second-order valence-electron chi connectivity index (χ2n) is 8.71. The zero-order valence-corrected chi connectivity index (χ0v) is 20.4. The number of aromatic hydroxyl groups is 1. The number of amides is 3. The van der Waals surface area contributed by atoms with Crippen LogP contribution in [0.25, 0.3) is 0 Å². The third-order valence-electron chi connectivity index (χ3n) is 5.86. The second-order valence-corrected chi connectivity index (χ2v) is 8.71. The van der Waals surface area contributed by atoms with Gasteiger partial charge in [-0.2, -0.15) is 0 Å². The fourth-order valence-corrected chi connectivity index (χ4v) is 3.51. The van der Waals surface area contributed by atoms with Crippen molar-refractivity contribution in [2.24, 2.45) is 11.7 Å². The number of hydrogen-bond donors (Lipinski definition) is 6. The van der Waals surface area contributed by atoms with Crippen molar-refractivity contribution < 1.29 is 29.4 Å². The Morgan fingerprint density at radius 2 is 1.50 bits per heavy atom. The number of carbonyl (C=O) groups excluding carboxylic acids is 3. The van der Waals surface area contributed by atoms with Gasteiger partial charge in [0.2, 0.25) is 17.7 Å². The van der Waals surface area contributed by atoms with Crippen molar-refractivity contribution >= 4 is 23.7 Å². The van der Waals surface area contributed by atoms with Gasteiger partial charge in [0.05, 0.1) is 12.6 Å². The van der Waals surface area contributed by atoms with Crippen LogP contribution in [-0.2, 0) is 32.0 Å². The Bertz CT molecular complexity index is 1030. The van der Waals surface area contributed by atoms with E-state index in [-0.39, 0.29) is 24.6 Å². The largest absolute Gasteiger partial charge is 0.508 e. The van der Waals surface area contributed by atoms with Gasteiger partial charge in [-0.1, -0.05) is 62.7 Å². The zero-order chi connectivity index (χ0) is 26.7. The number of phenols is 1.